The van der Waals surface area contributed by atoms with E-state index < -0.39 is 0 Å². The van der Waals surface area contributed by atoms with E-state index in [1.165, 1.54) is 25.7 Å². The molecular weight excluding hydrogens is 242 g/mol. The first kappa shape index (κ1) is 14.0. The van der Waals surface area contributed by atoms with Crippen molar-refractivity contribution in [2.45, 2.75) is 56.6 Å². The standard InChI is InChI=1S/C15H25NOS/c1-3-8-16-14-7-6-12(2)10-15(14)18-11-13-5-4-9-17-13/h4-5,9,12,14-16H,3,6-8,10-11H2,1-2H3. The highest BCUT2D eigenvalue weighted by Crippen LogP contribution is 2.34. The Bertz CT molecular complexity index is 323. The molecule has 1 saturated carbocycles. The third-order valence-electron chi connectivity index (χ3n) is 3.73. The summed E-state index contributed by atoms with van der Waals surface area (Å²) < 4.78 is 5.43. The predicted octanol–water partition coefficient (Wildman–Crippen LogP) is 4.07. The summed E-state index contributed by atoms with van der Waals surface area (Å²) in [5.74, 6) is 2.99. The monoisotopic (exact) mass is 267 g/mol. The highest BCUT2D eigenvalue weighted by molar-refractivity contribution is 7.99. The van der Waals surface area contributed by atoms with E-state index in [1.807, 2.05) is 6.07 Å². The van der Waals surface area contributed by atoms with Crippen molar-refractivity contribution in [3.8, 4) is 0 Å². The summed E-state index contributed by atoms with van der Waals surface area (Å²) in [4.78, 5) is 0. The zero-order chi connectivity index (χ0) is 12.8. The largest absolute Gasteiger partial charge is 0.468 e. The molecule has 1 aliphatic carbocycles. The van der Waals surface area contributed by atoms with E-state index >= 15 is 0 Å². The Morgan fingerprint density at radius 2 is 2.33 bits per heavy atom. The van der Waals surface area contributed by atoms with Gasteiger partial charge in [-0.15, -0.1) is 11.8 Å². The van der Waals surface area contributed by atoms with E-state index in [0.717, 1.165) is 29.2 Å². The van der Waals surface area contributed by atoms with Gasteiger partial charge in [0.05, 0.1) is 12.0 Å². The molecule has 0 amide bonds. The van der Waals surface area contributed by atoms with E-state index in [4.69, 9.17) is 4.42 Å². The Morgan fingerprint density at radius 3 is 3.06 bits per heavy atom. The van der Waals surface area contributed by atoms with Crippen molar-refractivity contribution >= 4 is 11.8 Å². The second kappa shape index (κ2) is 7.25. The summed E-state index contributed by atoms with van der Waals surface area (Å²) in [6.45, 7) is 5.77. The molecule has 18 heavy (non-hydrogen) atoms. The van der Waals surface area contributed by atoms with Gasteiger partial charge in [-0.2, -0.15) is 0 Å². The van der Waals surface area contributed by atoms with Crippen LogP contribution in [-0.4, -0.2) is 17.8 Å². The summed E-state index contributed by atoms with van der Waals surface area (Å²) in [5.41, 5.74) is 0. The lowest BCUT2D eigenvalue weighted by Crippen LogP contribution is -2.42. The Balaban J connectivity index is 1.84. The van der Waals surface area contributed by atoms with Crippen LogP contribution in [0.1, 0.15) is 45.3 Å². The maximum atomic E-state index is 5.43. The fourth-order valence-corrected chi connectivity index (χ4v) is 4.13. The molecule has 1 heterocycles. The summed E-state index contributed by atoms with van der Waals surface area (Å²) in [7, 11) is 0. The quantitative estimate of drug-likeness (QED) is 0.841. The van der Waals surface area contributed by atoms with Gasteiger partial charge in [0.15, 0.2) is 0 Å². The SMILES string of the molecule is CCCNC1CCC(C)CC1SCc1ccco1. The molecule has 3 heteroatoms. The molecule has 2 nitrogen and oxygen atoms in total. The highest BCUT2D eigenvalue weighted by Gasteiger charge is 2.28. The van der Waals surface area contributed by atoms with E-state index in [9.17, 15) is 0 Å². The highest BCUT2D eigenvalue weighted by atomic mass is 32.2. The smallest absolute Gasteiger partial charge is 0.113 e. The normalized spacial score (nSPS) is 28.4. The van der Waals surface area contributed by atoms with E-state index in [2.05, 4.69) is 37.0 Å². The number of hydrogen-bond donors (Lipinski definition) is 1. The van der Waals surface area contributed by atoms with Gasteiger partial charge in [-0.3, -0.25) is 0 Å². The molecule has 0 saturated heterocycles. The third-order valence-corrected chi connectivity index (χ3v) is 5.13. The summed E-state index contributed by atoms with van der Waals surface area (Å²) in [6, 6.07) is 4.75. The Hall–Kier alpha value is -0.410. The molecule has 0 bridgehead atoms. The van der Waals surface area contributed by atoms with Crippen molar-refractivity contribution < 1.29 is 4.42 Å². The molecule has 1 aromatic heterocycles. The van der Waals surface area contributed by atoms with Crippen LogP contribution in [0.4, 0.5) is 0 Å². The van der Waals surface area contributed by atoms with E-state index in [-0.39, 0.29) is 0 Å². The van der Waals surface area contributed by atoms with Gasteiger partial charge in [-0.05, 0) is 50.3 Å². The van der Waals surface area contributed by atoms with Gasteiger partial charge in [0.1, 0.15) is 5.76 Å². The van der Waals surface area contributed by atoms with Gasteiger partial charge in [-0.1, -0.05) is 13.8 Å². The molecule has 1 aromatic rings. The van der Waals surface area contributed by atoms with Gasteiger partial charge >= 0.3 is 0 Å². The molecule has 0 aromatic carbocycles. The molecule has 102 valence electrons. The zero-order valence-corrected chi connectivity index (χ0v) is 12.3. The second-order valence-corrected chi connectivity index (χ2v) is 6.64. The topological polar surface area (TPSA) is 25.2 Å². The number of furan rings is 1. The fraction of sp³-hybridized carbons (Fsp3) is 0.733. The molecule has 2 rings (SSSR count). The third kappa shape index (κ3) is 4.06. The van der Waals surface area contributed by atoms with Crippen LogP contribution < -0.4 is 5.32 Å². The molecule has 1 fully saturated rings. The van der Waals surface area contributed by atoms with Crippen molar-refractivity contribution in [2.75, 3.05) is 6.54 Å². The van der Waals surface area contributed by atoms with Gasteiger partial charge in [0.2, 0.25) is 0 Å². The zero-order valence-electron chi connectivity index (χ0n) is 11.5. The fourth-order valence-electron chi connectivity index (χ4n) is 2.66. The van der Waals surface area contributed by atoms with Gasteiger partial charge in [0.25, 0.3) is 0 Å². The maximum Gasteiger partial charge on any atom is 0.113 e. The molecule has 3 atom stereocenters. The Kier molecular flexibility index (Phi) is 5.64. The van der Waals surface area contributed by atoms with E-state index in [0.29, 0.717) is 6.04 Å². The van der Waals surface area contributed by atoms with Crippen LogP contribution in [0.5, 0.6) is 0 Å². The molecule has 0 spiro atoms. The summed E-state index contributed by atoms with van der Waals surface area (Å²) >= 11 is 2.06. The molecule has 1 aliphatic rings. The van der Waals surface area contributed by atoms with Crippen LogP contribution in [0.25, 0.3) is 0 Å². The minimum Gasteiger partial charge on any atom is -0.468 e. The second-order valence-electron chi connectivity index (χ2n) is 5.41. The van der Waals surface area contributed by atoms with Crippen LogP contribution in [0.15, 0.2) is 22.8 Å². The first-order chi connectivity index (χ1) is 8.79. The van der Waals surface area contributed by atoms with Crippen molar-refractivity contribution in [3.63, 3.8) is 0 Å². The van der Waals surface area contributed by atoms with Crippen molar-refractivity contribution in [1.82, 2.24) is 5.32 Å². The van der Waals surface area contributed by atoms with Crippen LogP contribution in [0.3, 0.4) is 0 Å². The lowest BCUT2D eigenvalue weighted by molar-refractivity contribution is 0.317. The average molecular weight is 267 g/mol. The van der Waals surface area contributed by atoms with Gasteiger partial charge in [-0.25, -0.2) is 0 Å². The van der Waals surface area contributed by atoms with Crippen LogP contribution in [-0.2, 0) is 5.75 Å². The predicted molar refractivity (Wildman–Crippen MR) is 78.9 cm³/mol. The van der Waals surface area contributed by atoms with Crippen LogP contribution >= 0.6 is 11.8 Å². The van der Waals surface area contributed by atoms with Crippen molar-refractivity contribution in [3.05, 3.63) is 24.2 Å². The minimum absolute atomic E-state index is 0.695. The van der Waals surface area contributed by atoms with E-state index in [1.54, 1.807) is 6.26 Å². The van der Waals surface area contributed by atoms with Crippen molar-refractivity contribution in [2.24, 2.45) is 5.92 Å². The van der Waals surface area contributed by atoms with Gasteiger partial charge in [0, 0.05) is 11.3 Å². The lowest BCUT2D eigenvalue weighted by Gasteiger charge is -2.35. The summed E-state index contributed by atoms with van der Waals surface area (Å²) in [5, 5.41) is 4.46. The molecule has 3 unspecified atom stereocenters. The Morgan fingerprint density at radius 1 is 1.44 bits per heavy atom. The molecule has 0 aliphatic heterocycles. The number of rotatable bonds is 6. The average Bonchev–Trinajstić information content (AvgIpc) is 2.88. The minimum atomic E-state index is 0.695. The molecular formula is C15H25NOS. The Labute approximate surface area is 115 Å². The van der Waals surface area contributed by atoms with Crippen LogP contribution in [0.2, 0.25) is 0 Å². The first-order valence-corrected chi connectivity index (χ1v) is 8.21. The summed E-state index contributed by atoms with van der Waals surface area (Å²) in [6.07, 6.45) is 7.04. The number of nitrogens with one attached hydrogen (secondary N) is 1. The molecule has 1 N–H and O–H groups in total. The maximum absolute atomic E-state index is 5.43. The van der Waals surface area contributed by atoms with Gasteiger partial charge < -0.3 is 9.73 Å². The number of thioether (sulfide) groups is 1. The van der Waals surface area contributed by atoms with Crippen molar-refractivity contribution in [1.29, 1.82) is 0 Å². The molecule has 0 radical (unpaired) electrons. The first-order valence-electron chi connectivity index (χ1n) is 7.17. The lowest BCUT2D eigenvalue weighted by atomic mass is 9.87. The number of hydrogen-bond acceptors (Lipinski definition) is 3. The van der Waals surface area contributed by atoms with Crippen LogP contribution in [0, 0.1) is 5.92 Å².